The molecule has 0 N–H and O–H groups in total. The molecule has 0 saturated carbocycles. The van der Waals surface area contributed by atoms with Gasteiger partial charge in [-0.05, 0) is 22.0 Å². The highest BCUT2D eigenvalue weighted by molar-refractivity contribution is 9.10. The van der Waals surface area contributed by atoms with Crippen molar-refractivity contribution in [1.29, 1.82) is 0 Å². The summed E-state index contributed by atoms with van der Waals surface area (Å²) in [7, 11) is 0. The van der Waals surface area contributed by atoms with Gasteiger partial charge in [0.05, 0.1) is 13.2 Å². The largest absolute Gasteiger partial charge is 0.472 e. The van der Waals surface area contributed by atoms with Crippen molar-refractivity contribution in [2.75, 3.05) is 13.2 Å². The standard InChI is InChI=1S/C9H10BrNO2/c10-7-1-2-9(11-5-7)13-8-3-4-12-6-8/h1-2,5,8H,3-4,6H2. The predicted molar refractivity (Wildman–Crippen MR) is 51.8 cm³/mol. The van der Waals surface area contributed by atoms with Gasteiger partial charge in [-0.3, -0.25) is 0 Å². The number of hydrogen-bond acceptors (Lipinski definition) is 3. The Bertz CT molecular complexity index is 269. The minimum Gasteiger partial charge on any atom is -0.472 e. The number of halogens is 1. The van der Waals surface area contributed by atoms with Crippen molar-refractivity contribution in [1.82, 2.24) is 4.98 Å². The van der Waals surface area contributed by atoms with Crippen molar-refractivity contribution in [3.05, 3.63) is 22.8 Å². The average Bonchev–Trinajstić information content (AvgIpc) is 2.62. The van der Waals surface area contributed by atoms with Crippen LogP contribution in [-0.2, 0) is 4.74 Å². The highest BCUT2D eigenvalue weighted by atomic mass is 79.9. The fourth-order valence-electron chi connectivity index (χ4n) is 1.21. The van der Waals surface area contributed by atoms with E-state index in [1.807, 2.05) is 12.1 Å². The summed E-state index contributed by atoms with van der Waals surface area (Å²) in [5.74, 6) is 0.665. The number of rotatable bonds is 2. The molecule has 1 fully saturated rings. The zero-order valence-corrected chi connectivity index (χ0v) is 8.66. The van der Waals surface area contributed by atoms with Gasteiger partial charge in [-0.15, -0.1) is 0 Å². The molecule has 2 rings (SSSR count). The van der Waals surface area contributed by atoms with E-state index in [4.69, 9.17) is 9.47 Å². The number of ether oxygens (including phenoxy) is 2. The summed E-state index contributed by atoms with van der Waals surface area (Å²) in [4.78, 5) is 4.12. The Labute approximate surface area is 85.2 Å². The van der Waals surface area contributed by atoms with Crippen LogP contribution in [0.3, 0.4) is 0 Å². The first-order valence-electron chi connectivity index (χ1n) is 4.20. The van der Waals surface area contributed by atoms with Crippen LogP contribution < -0.4 is 4.74 Å². The molecular formula is C9H10BrNO2. The van der Waals surface area contributed by atoms with Gasteiger partial charge in [0.25, 0.3) is 0 Å². The van der Waals surface area contributed by atoms with Gasteiger partial charge in [0.1, 0.15) is 6.10 Å². The highest BCUT2D eigenvalue weighted by Crippen LogP contribution is 2.16. The van der Waals surface area contributed by atoms with Gasteiger partial charge < -0.3 is 9.47 Å². The van der Waals surface area contributed by atoms with Crippen molar-refractivity contribution in [2.24, 2.45) is 0 Å². The lowest BCUT2D eigenvalue weighted by Gasteiger charge is -2.09. The minimum absolute atomic E-state index is 0.175. The van der Waals surface area contributed by atoms with Gasteiger partial charge in [-0.1, -0.05) is 0 Å². The molecule has 0 radical (unpaired) electrons. The van der Waals surface area contributed by atoms with Crippen LogP contribution in [0.2, 0.25) is 0 Å². The molecule has 70 valence electrons. The van der Waals surface area contributed by atoms with Crippen LogP contribution in [0.25, 0.3) is 0 Å². The molecule has 1 aliphatic rings. The molecule has 1 aromatic heterocycles. The van der Waals surface area contributed by atoms with Crippen LogP contribution in [0.15, 0.2) is 22.8 Å². The molecule has 13 heavy (non-hydrogen) atoms. The highest BCUT2D eigenvalue weighted by Gasteiger charge is 2.17. The minimum atomic E-state index is 0.175. The Kier molecular flexibility index (Phi) is 2.80. The molecule has 1 aliphatic heterocycles. The topological polar surface area (TPSA) is 31.4 Å². The van der Waals surface area contributed by atoms with Crippen LogP contribution in [-0.4, -0.2) is 24.3 Å². The Morgan fingerprint density at radius 3 is 3.08 bits per heavy atom. The van der Waals surface area contributed by atoms with Crippen LogP contribution >= 0.6 is 15.9 Å². The molecule has 0 aromatic carbocycles. The third-order valence-corrected chi connectivity index (χ3v) is 2.34. The summed E-state index contributed by atoms with van der Waals surface area (Å²) in [5.41, 5.74) is 0. The predicted octanol–water partition coefficient (Wildman–Crippen LogP) is 2.01. The molecule has 1 aromatic rings. The normalized spacial score (nSPS) is 21.8. The van der Waals surface area contributed by atoms with Gasteiger partial charge in [-0.2, -0.15) is 0 Å². The fraction of sp³-hybridized carbons (Fsp3) is 0.444. The second kappa shape index (κ2) is 4.07. The van der Waals surface area contributed by atoms with Crippen molar-refractivity contribution < 1.29 is 9.47 Å². The third kappa shape index (κ3) is 2.42. The van der Waals surface area contributed by atoms with E-state index < -0.39 is 0 Å². The summed E-state index contributed by atoms with van der Waals surface area (Å²) < 4.78 is 11.7. The first kappa shape index (κ1) is 8.97. The molecule has 1 atom stereocenters. The number of hydrogen-bond donors (Lipinski definition) is 0. The molecule has 4 heteroatoms. The zero-order chi connectivity index (χ0) is 9.10. The second-order valence-corrected chi connectivity index (χ2v) is 3.83. The number of pyridine rings is 1. The summed E-state index contributed by atoms with van der Waals surface area (Å²) in [6.45, 7) is 1.47. The third-order valence-electron chi connectivity index (χ3n) is 1.88. The Balaban J connectivity index is 1.97. The summed E-state index contributed by atoms with van der Waals surface area (Å²) in [5, 5.41) is 0. The van der Waals surface area contributed by atoms with Crippen LogP contribution in [0, 0.1) is 0 Å². The maximum absolute atomic E-state index is 5.57. The quantitative estimate of drug-likeness (QED) is 0.797. The van der Waals surface area contributed by atoms with E-state index in [1.54, 1.807) is 6.20 Å². The maximum Gasteiger partial charge on any atom is 0.213 e. The van der Waals surface area contributed by atoms with Crippen molar-refractivity contribution in [2.45, 2.75) is 12.5 Å². The van der Waals surface area contributed by atoms with E-state index in [0.717, 1.165) is 17.5 Å². The number of aromatic nitrogens is 1. The van der Waals surface area contributed by atoms with Gasteiger partial charge in [0, 0.05) is 23.2 Å². The molecular weight excluding hydrogens is 234 g/mol. The maximum atomic E-state index is 5.57. The molecule has 1 saturated heterocycles. The zero-order valence-electron chi connectivity index (χ0n) is 7.07. The van der Waals surface area contributed by atoms with Crippen LogP contribution in [0.4, 0.5) is 0 Å². The van der Waals surface area contributed by atoms with E-state index in [9.17, 15) is 0 Å². The van der Waals surface area contributed by atoms with E-state index in [-0.39, 0.29) is 6.10 Å². The monoisotopic (exact) mass is 243 g/mol. The SMILES string of the molecule is Brc1ccc(OC2CCOC2)nc1. The molecule has 0 aliphatic carbocycles. The molecule has 1 unspecified atom stereocenters. The Morgan fingerprint density at radius 2 is 2.46 bits per heavy atom. The fourth-order valence-corrected chi connectivity index (χ4v) is 1.44. The first-order valence-corrected chi connectivity index (χ1v) is 5.00. The lowest BCUT2D eigenvalue weighted by molar-refractivity contribution is 0.138. The lowest BCUT2D eigenvalue weighted by atomic mass is 10.3. The molecule has 2 heterocycles. The smallest absolute Gasteiger partial charge is 0.213 e. The van der Waals surface area contributed by atoms with E-state index in [1.165, 1.54) is 0 Å². The van der Waals surface area contributed by atoms with Gasteiger partial charge >= 0.3 is 0 Å². The van der Waals surface area contributed by atoms with Crippen molar-refractivity contribution in [3.63, 3.8) is 0 Å². The molecule has 0 bridgehead atoms. The van der Waals surface area contributed by atoms with Gasteiger partial charge in [-0.25, -0.2) is 4.98 Å². The van der Waals surface area contributed by atoms with E-state index >= 15 is 0 Å². The van der Waals surface area contributed by atoms with Crippen molar-refractivity contribution in [3.8, 4) is 5.88 Å². The Hall–Kier alpha value is -0.610. The Morgan fingerprint density at radius 1 is 1.54 bits per heavy atom. The summed E-state index contributed by atoms with van der Waals surface area (Å²) in [6, 6.07) is 3.76. The van der Waals surface area contributed by atoms with Gasteiger partial charge in [0.2, 0.25) is 5.88 Å². The van der Waals surface area contributed by atoms with E-state index in [2.05, 4.69) is 20.9 Å². The molecule has 3 nitrogen and oxygen atoms in total. The lowest BCUT2D eigenvalue weighted by Crippen LogP contribution is -2.16. The average molecular weight is 244 g/mol. The van der Waals surface area contributed by atoms with Crippen LogP contribution in [0.5, 0.6) is 5.88 Å². The summed E-state index contributed by atoms with van der Waals surface area (Å²) >= 11 is 3.32. The molecule has 0 spiro atoms. The summed E-state index contributed by atoms with van der Waals surface area (Å²) in [6.07, 6.45) is 2.86. The van der Waals surface area contributed by atoms with Crippen LogP contribution in [0.1, 0.15) is 6.42 Å². The van der Waals surface area contributed by atoms with E-state index in [0.29, 0.717) is 12.5 Å². The molecule has 0 amide bonds. The number of nitrogens with zero attached hydrogens (tertiary/aromatic N) is 1. The second-order valence-electron chi connectivity index (χ2n) is 2.92. The van der Waals surface area contributed by atoms with Crippen molar-refractivity contribution >= 4 is 15.9 Å². The first-order chi connectivity index (χ1) is 6.34. The van der Waals surface area contributed by atoms with Gasteiger partial charge in [0.15, 0.2) is 0 Å².